The maximum absolute atomic E-state index is 13.2. The summed E-state index contributed by atoms with van der Waals surface area (Å²) in [6.45, 7) is 6.07. The highest BCUT2D eigenvalue weighted by atomic mass is 32.2. The third kappa shape index (κ3) is 7.58. The van der Waals surface area contributed by atoms with Gasteiger partial charge in [0.25, 0.3) is 0 Å². The number of nitrogens with one attached hydrogen (secondary N) is 1. The number of rotatable bonds is 8. The minimum absolute atomic E-state index is 0.0477. The van der Waals surface area contributed by atoms with E-state index >= 15 is 0 Å². The highest BCUT2D eigenvalue weighted by Crippen LogP contribution is 2.30. The number of sulfonamides is 1. The Morgan fingerprint density at radius 3 is 2.59 bits per heavy atom. The summed E-state index contributed by atoms with van der Waals surface area (Å²) in [5, 5.41) is 9.77. The van der Waals surface area contributed by atoms with Gasteiger partial charge in [0.2, 0.25) is 15.9 Å². The summed E-state index contributed by atoms with van der Waals surface area (Å²) < 4.78 is 32.4. The monoisotopic (exact) mass is 495 g/mol. The summed E-state index contributed by atoms with van der Waals surface area (Å²) in [6, 6.07) is 4.79. The van der Waals surface area contributed by atoms with E-state index in [1.807, 2.05) is 6.92 Å². The lowest BCUT2D eigenvalue weighted by Crippen LogP contribution is -2.48. The van der Waals surface area contributed by atoms with E-state index in [2.05, 4.69) is 23.6 Å². The number of benzene rings is 1. The van der Waals surface area contributed by atoms with Crippen LogP contribution in [-0.4, -0.2) is 80.9 Å². The van der Waals surface area contributed by atoms with Gasteiger partial charge in [-0.05, 0) is 50.9 Å². The second-order valence-corrected chi connectivity index (χ2v) is 12.1. The number of carbonyl (C=O) groups excluding carboxylic acids is 1. The highest BCUT2D eigenvalue weighted by Gasteiger charge is 2.31. The second kappa shape index (κ2) is 11.7. The predicted molar refractivity (Wildman–Crippen MR) is 135 cm³/mol. The quantitative estimate of drug-likeness (QED) is 0.575. The Hall–Kier alpha value is -1.84. The Labute approximate surface area is 204 Å². The zero-order valence-corrected chi connectivity index (χ0v) is 21.8. The van der Waals surface area contributed by atoms with Crippen LogP contribution >= 0.6 is 0 Å². The van der Waals surface area contributed by atoms with Crippen molar-refractivity contribution in [2.75, 3.05) is 44.3 Å². The topological polar surface area (TPSA) is 99.2 Å². The molecular weight excluding hydrogens is 454 g/mol. The van der Waals surface area contributed by atoms with Crippen molar-refractivity contribution in [3.05, 3.63) is 23.8 Å². The zero-order valence-electron chi connectivity index (χ0n) is 21.0. The molecule has 0 unspecified atom stereocenters. The number of amides is 1. The molecule has 9 heteroatoms. The standard InChI is InChI=1S/C25H41N3O5S/c1-18-14-28(19(2)17-29)25(30)13-21-12-22(26-34(4,31)32)10-11-23(21)33-24(18)16-27(3)15-20-8-6-5-7-9-20/h10-12,18-20,24,26,29H,5-9,13-17H2,1-4H3/t18-,19+,24-/m0/s1. The maximum Gasteiger partial charge on any atom is 0.229 e. The fraction of sp³-hybridized carbons (Fsp3) is 0.720. The van der Waals surface area contributed by atoms with E-state index in [-0.39, 0.29) is 37.0 Å². The number of hydrogen-bond donors (Lipinski definition) is 2. The SMILES string of the molecule is C[C@H](CO)N1C[C@H](C)[C@H](CN(C)CC2CCCCC2)Oc2ccc(NS(C)(=O)=O)cc2CC1=O. The molecule has 1 aliphatic heterocycles. The smallest absolute Gasteiger partial charge is 0.229 e. The Morgan fingerprint density at radius 1 is 1.24 bits per heavy atom. The minimum Gasteiger partial charge on any atom is -0.488 e. The Morgan fingerprint density at radius 2 is 1.94 bits per heavy atom. The number of aliphatic hydroxyl groups excluding tert-OH is 1. The third-order valence-corrected chi connectivity index (χ3v) is 7.61. The molecule has 3 atom stereocenters. The minimum atomic E-state index is -3.44. The molecule has 1 aromatic carbocycles. The zero-order chi connectivity index (χ0) is 24.9. The van der Waals surface area contributed by atoms with Crippen LogP contribution in [0.15, 0.2) is 18.2 Å². The molecule has 192 valence electrons. The van der Waals surface area contributed by atoms with Gasteiger partial charge in [-0.3, -0.25) is 9.52 Å². The Kier molecular flexibility index (Phi) is 9.23. The number of hydrogen-bond acceptors (Lipinski definition) is 6. The number of nitrogens with zero attached hydrogens (tertiary/aromatic N) is 2. The Balaban J connectivity index is 1.87. The summed E-state index contributed by atoms with van der Waals surface area (Å²) in [4.78, 5) is 17.3. The number of carbonyl (C=O) groups is 1. The molecule has 2 aliphatic rings. The van der Waals surface area contributed by atoms with E-state index in [9.17, 15) is 18.3 Å². The first-order valence-corrected chi connectivity index (χ1v) is 14.3. The van der Waals surface area contributed by atoms with Crippen molar-refractivity contribution in [3.63, 3.8) is 0 Å². The van der Waals surface area contributed by atoms with E-state index in [1.165, 1.54) is 32.1 Å². The predicted octanol–water partition coefficient (Wildman–Crippen LogP) is 2.72. The molecule has 1 saturated carbocycles. The van der Waals surface area contributed by atoms with Crippen LogP contribution in [-0.2, 0) is 21.2 Å². The summed E-state index contributed by atoms with van der Waals surface area (Å²) in [5.41, 5.74) is 1.04. The third-order valence-electron chi connectivity index (χ3n) is 7.01. The lowest BCUT2D eigenvalue weighted by molar-refractivity contribution is -0.134. The van der Waals surface area contributed by atoms with E-state index in [1.54, 1.807) is 23.1 Å². The number of anilines is 1. The van der Waals surface area contributed by atoms with Crippen LogP contribution < -0.4 is 9.46 Å². The highest BCUT2D eigenvalue weighted by molar-refractivity contribution is 7.92. The van der Waals surface area contributed by atoms with Crippen molar-refractivity contribution in [1.82, 2.24) is 9.80 Å². The number of aliphatic hydroxyl groups is 1. The van der Waals surface area contributed by atoms with Crippen LogP contribution in [0.4, 0.5) is 5.69 Å². The van der Waals surface area contributed by atoms with Crippen LogP contribution in [0.25, 0.3) is 0 Å². The van der Waals surface area contributed by atoms with E-state index in [0.717, 1.165) is 25.3 Å². The van der Waals surface area contributed by atoms with Crippen molar-refractivity contribution in [1.29, 1.82) is 0 Å². The molecular formula is C25H41N3O5S. The molecule has 1 aromatic rings. The molecule has 3 rings (SSSR count). The van der Waals surface area contributed by atoms with Gasteiger partial charge in [0.05, 0.1) is 25.3 Å². The molecule has 1 heterocycles. The molecule has 0 saturated heterocycles. The average Bonchev–Trinajstić information content (AvgIpc) is 2.81. The summed E-state index contributed by atoms with van der Waals surface area (Å²) in [5.74, 6) is 1.26. The summed E-state index contributed by atoms with van der Waals surface area (Å²) >= 11 is 0. The summed E-state index contributed by atoms with van der Waals surface area (Å²) in [6.07, 6.45) is 7.53. The van der Waals surface area contributed by atoms with Gasteiger partial charge in [-0.1, -0.05) is 26.2 Å². The molecule has 2 N–H and O–H groups in total. The first-order chi connectivity index (χ1) is 16.1. The number of fused-ring (bicyclic) bond motifs is 1. The van der Waals surface area contributed by atoms with Gasteiger partial charge in [-0.15, -0.1) is 0 Å². The van der Waals surface area contributed by atoms with Gasteiger partial charge < -0.3 is 19.6 Å². The van der Waals surface area contributed by atoms with Gasteiger partial charge >= 0.3 is 0 Å². The number of ether oxygens (including phenoxy) is 1. The first kappa shape index (κ1) is 26.8. The molecule has 8 nitrogen and oxygen atoms in total. The van der Waals surface area contributed by atoms with Crippen molar-refractivity contribution in [2.24, 2.45) is 11.8 Å². The van der Waals surface area contributed by atoms with Crippen LogP contribution in [0, 0.1) is 11.8 Å². The molecule has 0 radical (unpaired) electrons. The van der Waals surface area contributed by atoms with Crippen molar-refractivity contribution < 1.29 is 23.1 Å². The molecule has 0 spiro atoms. The fourth-order valence-corrected chi connectivity index (χ4v) is 5.67. The Bertz CT molecular complexity index is 932. The van der Waals surface area contributed by atoms with Crippen LogP contribution in [0.3, 0.4) is 0 Å². The van der Waals surface area contributed by atoms with Gasteiger partial charge in [0.1, 0.15) is 11.9 Å². The lowest BCUT2D eigenvalue weighted by Gasteiger charge is -2.35. The van der Waals surface area contributed by atoms with Crippen LogP contribution in [0.5, 0.6) is 5.75 Å². The fourth-order valence-electron chi connectivity index (χ4n) is 5.12. The molecule has 1 amide bonds. The second-order valence-electron chi connectivity index (χ2n) is 10.3. The van der Waals surface area contributed by atoms with E-state index < -0.39 is 10.0 Å². The maximum atomic E-state index is 13.2. The molecule has 1 fully saturated rings. The lowest BCUT2D eigenvalue weighted by atomic mass is 9.89. The van der Waals surface area contributed by atoms with Crippen molar-refractivity contribution >= 4 is 21.6 Å². The number of likely N-dealkylation sites (N-methyl/N-ethyl adjacent to an activating group) is 1. The van der Waals surface area contributed by atoms with Gasteiger partial charge in [-0.2, -0.15) is 0 Å². The van der Waals surface area contributed by atoms with Crippen LogP contribution in [0.1, 0.15) is 51.5 Å². The van der Waals surface area contributed by atoms with Crippen molar-refractivity contribution in [3.8, 4) is 5.75 Å². The van der Waals surface area contributed by atoms with E-state index in [0.29, 0.717) is 23.5 Å². The van der Waals surface area contributed by atoms with Crippen LogP contribution in [0.2, 0.25) is 0 Å². The molecule has 34 heavy (non-hydrogen) atoms. The summed E-state index contributed by atoms with van der Waals surface area (Å²) in [7, 11) is -1.31. The van der Waals surface area contributed by atoms with E-state index in [4.69, 9.17) is 4.74 Å². The molecule has 1 aliphatic carbocycles. The average molecular weight is 496 g/mol. The normalized spacial score (nSPS) is 23.5. The van der Waals surface area contributed by atoms with Gasteiger partial charge in [0, 0.05) is 36.8 Å². The molecule has 0 aromatic heterocycles. The first-order valence-electron chi connectivity index (χ1n) is 12.4. The van der Waals surface area contributed by atoms with Crippen molar-refractivity contribution in [2.45, 2.75) is 64.5 Å². The molecule has 0 bridgehead atoms. The van der Waals surface area contributed by atoms with Gasteiger partial charge in [0.15, 0.2) is 0 Å². The van der Waals surface area contributed by atoms with Gasteiger partial charge in [-0.25, -0.2) is 8.42 Å². The largest absolute Gasteiger partial charge is 0.488 e.